The lowest BCUT2D eigenvalue weighted by molar-refractivity contribution is -0.117. The van der Waals surface area contributed by atoms with E-state index in [0.29, 0.717) is 13.0 Å². The van der Waals surface area contributed by atoms with Gasteiger partial charge >= 0.3 is 0 Å². The van der Waals surface area contributed by atoms with Crippen molar-refractivity contribution in [2.75, 3.05) is 4.90 Å². The molecular weight excluding hydrogens is 310 g/mol. The average Bonchev–Trinajstić information content (AvgIpc) is 2.66. The first-order valence-electron chi connectivity index (χ1n) is 8.55. The lowest BCUT2D eigenvalue weighted by Gasteiger charge is -2.23. The molecule has 0 fully saturated rings. The Morgan fingerprint density at radius 1 is 1.08 bits per heavy atom. The maximum atomic E-state index is 12.3. The molecule has 0 aliphatic carbocycles. The molecule has 0 saturated carbocycles. The van der Waals surface area contributed by atoms with Crippen LogP contribution in [0.5, 0.6) is 5.75 Å². The second-order valence-electron chi connectivity index (χ2n) is 5.68. The monoisotopic (exact) mass is 335 g/mol. The van der Waals surface area contributed by atoms with Crippen LogP contribution in [0.25, 0.3) is 0 Å². The summed E-state index contributed by atoms with van der Waals surface area (Å²) in [6.45, 7) is 6.29. The number of carbonyl (C=O) groups excluding carboxylic acids is 1. The van der Waals surface area contributed by atoms with Gasteiger partial charge in [-0.05, 0) is 49.8 Å². The van der Waals surface area contributed by atoms with Gasteiger partial charge in [0.2, 0.25) is 5.91 Å². The summed E-state index contributed by atoms with van der Waals surface area (Å²) >= 11 is 0. The minimum absolute atomic E-state index is 0.0659. The number of amides is 1. The highest BCUT2D eigenvalue weighted by Crippen LogP contribution is 2.24. The molecule has 2 rings (SSSR count). The number of hydrogen-bond acceptors (Lipinski definition) is 2. The fourth-order valence-corrected chi connectivity index (χ4v) is 2.44. The topological polar surface area (TPSA) is 29.5 Å². The quantitative estimate of drug-likeness (QED) is 0.626. The Labute approximate surface area is 150 Å². The van der Waals surface area contributed by atoms with Gasteiger partial charge in [0.1, 0.15) is 12.4 Å². The summed E-state index contributed by atoms with van der Waals surface area (Å²) in [5.41, 5.74) is 2.86. The van der Waals surface area contributed by atoms with Crippen LogP contribution in [0.15, 0.2) is 78.5 Å². The van der Waals surface area contributed by atoms with Crippen molar-refractivity contribution in [3.63, 3.8) is 0 Å². The number of anilines is 1. The normalized spacial score (nSPS) is 11.6. The van der Waals surface area contributed by atoms with Crippen LogP contribution in [-0.4, -0.2) is 5.91 Å². The van der Waals surface area contributed by atoms with E-state index in [-0.39, 0.29) is 5.91 Å². The number of ether oxygens (including phenoxy) is 1. The van der Waals surface area contributed by atoms with E-state index < -0.39 is 0 Å². The number of rotatable bonds is 7. The molecule has 0 aliphatic heterocycles. The second kappa shape index (κ2) is 9.48. The van der Waals surface area contributed by atoms with Crippen molar-refractivity contribution < 1.29 is 9.53 Å². The number of benzene rings is 2. The summed E-state index contributed by atoms with van der Waals surface area (Å²) in [7, 11) is 0. The van der Waals surface area contributed by atoms with Crippen LogP contribution in [0.2, 0.25) is 0 Å². The van der Waals surface area contributed by atoms with Crippen LogP contribution < -0.4 is 9.64 Å². The van der Waals surface area contributed by atoms with E-state index in [0.717, 1.165) is 22.7 Å². The Hall–Kier alpha value is -2.81. The predicted molar refractivity (Wildman–Crippen MR) is 104 cm³/mol. The van der Waals surface area contributed by atoms with Gasteiger partial charge in [-0.1, -0.05) is 49.4 Å². The maximum absolute atomic E-state index is 12.3. The van der Waals surface area contributed by atoms with Gasteiger partial charge in [-0.25, -0.2) is 0 Å². The summed E-state index contributed by atoms with van der Waals surface area (Å²) in [6, 6.07) is 17.7. The van der Waals surface area contributed by atoms with Gasteiger partial charge in [0, 0.05) is 17.8 Å². The van der Waals surface area contributed by atoms with Crippen molar-refractivity contribution in [1.82, 2.24) is 0 Å². The Morgan fingerprint density at radius 3 is 2.36 bits per heavy atom. The van der Waals surface area contributed by atoms with Gasteiger partial charge in [-0.15, -0.1) is 0 Å². The van der Waals surface area contributed by atoms with E-state index in [2.05, 4.69) is 0 Å². The molecule has 3 nitrogen and oxygen atoms in total. The summed E-state index contributed by atoms with van der Waals surface area (Å²) in [5, 5.41) is 0. The van der Waals surface area contributed by atoms with Crippen LogP contribution in [0, 0.1) is 0 Å². The zero-order chi connectivity index (χ0) is 18.1. The Balaban J connectivity index is 2.13. The molecular formula is C22H25NO2. The Bertz CT molecular complexity index is 730. The minimum atomic E-state index is 0.0659. The van der Waals surface area contributed by atoms with Crippen molar-refractivity contribution >= 4 is 11.6 Å². The van der Waals surface area contributed by atoms with Crippen LogP contribution in [0.4, 0.5) is 5.69 Å². The smallest absolute Gasteiger partial charge is 0.230 e. The second-order valence-corrected chi connectivity index (χ2v) is 5.68. The molecule has 0 atom stereocenters. The van der Waals surface area contributed by atoms with Gasteiger partial charge in [-0.2, -0.15) is 0 Å². The molecule has 0 aromatic heterocycles. The fraction of sp³-hybridized carbons (Fsp3) is 0.227. The molecule has 0 bridgehead atoms. The molecule has 0 N–H and O–H groups in total. The lowest BCUT2D eigenvalue weighted by atomic mass is 10.2. The van der Waals surface area contributed by atoms with Crippen molar-refractivity contribution in [3.8, 4) is 5.75 Å². The van der Waals surface area contributed by atoms with Crippen LogP contribution in [0.3, 0.4) is 0 Å². The zero-order valence-corrected chi connectivity index (χ0v) is 15.1. The van der Waals surface area contributed by atoms with Crippen LogP contribution in [-0.2, 0) is 11.4 Å². The lowest BCUT2D eigenvalue weighted by Crippen LogP contribution is -2.28. The van der Waals surface area contributed by atoms with E-state index in [1.54, 1.807) is 4.90 Å². The summed E-state index contributed by atoms with van der Waals surface area (Å²) in [4.78, 5) is 14.1. The minimum Gasteiger partial charge on any atom is -0.489 e. The standard InChI is InChI=1S/C22H25NO2/c1-4-6-10-18(3)23(22(24)5-2)20-13-15-21(16-14-20)25-17-19-11-8-7-9-12-19/h4,6-16H,5,17H2,1-3H3/b6-4-,18-10+. The third kappa shape index (κ3) is 5.35. The summed E-state index contributed by atoms with van der Waals surface area (Å²) < 4.78 is 5.81. The highest BCUT2D eigenvalue weighted by Gasteiger charge is 2.15. The first-order valence-corrected chi connectivity index (χ1v) is 8.55. The van der Waals surface area contributed by atoms with E-state index in [1.165, 1.54) is 0 Å². The first-order chi connectivity index (χ1) is 12.2. The van der Waals surface area contributed by atoms with Gasteiger partial charge in [0.15, 0.2) is 0 Å². The van der Waals surface area contributed by atoms with E-state index >= 15 is 0 Å². The first kappa shape index (κ1) is 18.5. The molecule has 0 heterocycles. The largest absolute Gasteiger partial charge is 0.489 e. The van der Waals surface area contributed by atoms with Crippen molar-refractivity contribution in [2.24, 2.45) is 0 Å². The average molecular weight is 335 g/mol. The molecule has 3 heteroatoms. The van der Waals surface area contributed by atoms with Gasteiger partial charge in [0.25, 0.3) is 0 Å². The van der Waals surface area contributed by atoms with Gasteiger partial charge < -0.3 is 4.74 Å². The van der Waals surface area contributed by atoms with E-state index in [4.69, 9.17) is 4.74 Å². The Kier molecular flexibility index (Phi) is 7.02. The number of nitrogens with zero attached hydrogens (tertiary/aromatic N) is 1. The van der Waals surface area contributed by atoms with Crippen LogP contribution >= 0.6 is 0 Å². The molecule has 25 heavy (non-hydrogen) atoms. The zero-order valence-electron chi connectivity index (χ0n) is 15.1. The molecule has 130 valence electrons. The van der Waals surface area contributed by atoms with Crippen molar-refractivity contribution in [2.45, 2.75) is 33.8 Å². The molecule has 0 spiro atoms. The Morgan fingerprint density at radius 2 is 1.76 bits per heavy atom. The molecule has 1 amide bonds. The van der Waals surface area contributed by atoms with E-state index in [1.807, 2.05) is 93.6 Å². The molecule has 0 saturated heterocycles. The summed E-state index contributed by atoms with van der Waals surface area (Å²) in [6.07, 6.45) is 6.27. The molecule has 0 radical (unpaired) electrons. The SMILES string of the molecule is C/C=C\C=C(/C)N(C(=O)CC)c1ccc(OCc2ccccc2)cc1. The molecule has 2 aromatic carbocycles. The van der Waals surface area contributed by atoms with Gasteiger partial charge in [-0.3, -0.25) is 9.69 Å². The van der Waals surface area contributed by atoms with Crippen molar-refractivity contribution in [1.29, 1.82) is 0 Å². The highest BCUT2D eigenvalue weighted by molar-refractivity contribution is 5.96. The third-order valence-electron chi connectivity index (χ3n) is 3.78. The molecule has 2 aromatic rings. The molecule has 0 aliphatic rings. The highest BCUT2D eigenvalue weighted by atomic mass is 16.5. The third-order valence-corrected chi connectivity index (χ3v) is 3.78. The number of carbonyl (C=O) groups is 1. The molecule has 0 unspecified atom stereocenters. The fourth-order valence-electron chi connectivity index (χ4n) is 2.44. The summed E-state index contributed by atoms with van der Waals surface area (Å²) in [5.74, 6) is 0.850. The van der Waals surface area contributed by atoms with Crippen LogP contribution in [0.1, 0.15) is 32.8 Å². The number of hydrogen-bond donors (Lipinski definition) is 0. The van der Waals surface area contributed by atoms with E-state index in [9.17, 15) is 4.79 Å². The number of allylic oxidation sites excluding steroid dienone is 4. The predicted octanol–water partition coefficient (Wildman–Crippen LogP) is 5.49. The van der Waals surface area contributed by atoms with Gasteiger partial charge in [0.05, 0.1) is 0 Å². The maximum Gasteiger partial charge on any atom is 0.230 e. The van der Waals surface area contributed by atoms with Crippen molar-refractivity contribution in [3.05, 3.63) is 84.1 Å².